The number of ether oxygens (including phenoxy) is 1. The smallest absolute Gasteiger partial charge is 0.418 e. The minimum absolute atomic E-state index is 0.0594. The van der Waals surface area contributed by atoms with Gasteiger partial charge in [0.15, 0.2) is 0 Å². The zero-order chi connectivity index (χ0) is 21.3. The summed E-state index contributed by atoms with van der Waals surface area (Å²) in [6.07, 6.45) is -4.15. The molecule has 4 rings (SSSR count). The van der Waals surface area contributed by atoms with Gasteiger partial charge in [-0.3, -0.25) is 9.36 Å². The van der Waals surface area contributed by atoms with Crippen molar-refractivity contribution in [1.29, 1.82) is 0 Å². The zero-order valence-electron chi connectivity index (χ0n) is 15.9. The number of methoxy groups -OCH3 is 1. The highest BCUT2D eigenvalue weighted by atomic mass is 32.1. The number of hydrogen-bond donors (Lipinski definition) is 0. The first-order valence-electron chi connectivity index (χ1n) is 9.16. The average Bonchev–Trinajstić information content (AvgIpc) is 3.18. The van der Waals surface area contributed by atoms with Gasteiger partial charge in [0.05, 0.1) is 23.6 Å². The van der Waals surface area contributed by atoms with Crippen LogP contribution in [-0.4, -0.2) is 16.7 Å². The molecule has 4 aromatic rings. The van der Waals surface area contributed by atoms with Crippen molar-refractivity contribution in [3.05, 3.63) is 81.5 Å². The van der Waals surface area contributed by atoms with E-state index >= 15 is 0 Å². The molecule has 0 aliphatic rings. The predicted molar refractivity (Wildman–Crippen MR) is 111 cm³/mol. The molecule has 0 saturated heterocycles. The van der Waals surface area contributed by atoms with Crippen LogP contribution >= 0.6 is 11.3 Å². The topological polar surface area (TPSA) is 44.1 Å². The molecule has 0 N–H and O–H groups in total. The molecule has 154 valence electrons. The van der Waals surface area contributed by atoms with E-state index in [0.29, 0.717) is 17.7 Å². The molecule has 0 amide bonds. The van der Waals surface area contributed by atoms with Gasteiger partial charge in [-0.05, 0) is 24.1 Å². The van der Waals surface area contributed by atoms with Gasteiger partial charge < -0.3 is 4.74 Å². The normalized spacial score (nSPS) is 11.7. The second kappa shape index (κ2) is 7.95. The van der Waals surface area contributed by atoms with Crippen LogP contribution in [0.1, 0.15) is 11.1 Å². The molecule has 30 heavy (non-hydrogen) atoms. The van der Waals surface area contributed by atoms with E-state index in [9.17, 15) is 18.0 Å². The van der Waals surface area contributed by atoms with Crippen LogP contribution in [0.15, 0.2) is 64.8 Å². The van der Waals surface area contributed by atoms with Crippen molar-refractivity contribution in [2.45, 2.75) is 19.1 Å². The third-order valence-corrected chi connectivity index (χ3v) is 5.69. The molecule has 2 aromatic heterocycles. The Hall–Kier alpha value is -3.13. The quantitative estimate of drug-likeness (QED) is 0.426. The Morgan fingerprint density at radius 3 is 2.47 bits per heavy atom. The fourth-order valence-corrected chi connectivity index (χ4v) is 4.30. The zero-order valence-corrected chi connectivity index (χ0v) is 16.8. The molecule has 0 unspecified atom stereocenters. The van der Waals surface area contributed by atoms with Crippen LogP contribution in [0.4, 0.5) is 13.2 Å². The van der Waals surface area contributed by atoms with Crippen LogP contribution in [0.5, 0.6) is 5.75 Å². The van der Waals surface area contributed by atoms with Crippen LogP contribution in [0.3, 0.4) is 0 Å². The molecule has 0 aliphatic heterocycles. The van der Waals surface area contributed by atoms with E-state index in [2.05, 4.69) is 4.98 Å². The Morgan fingerprint density at radius 1 is 1.07 bits per heavy atom. The monoisotopic (exact) mass is 430 g/mol. The highest BCUT2D eigenvalue weighted by Crippen LogP contribution is 2.37. The number of thiophene rings is 1. The van der Waals surface area contributed by atoms with Crippen LogP contribution in [0.2, 0.25) is 0 Å². The summed E-state index contributed by atoms with van der Waals surface area (Å²) in [6.45, 7) is 0.187. The Labute approximate surface area is 174 Å². The van der Waals surface area contributed by atoms with E-state index < -0.39 is 17.3 Å². The molecule has 0 saturated carbocycles. The standard InChI is InChI=1S/C22H17F3N2O2S/c1-29-17-10-6-5-9-15(17)19-26-20-18(16(13-30-20)22(23,24)25)21(28)27(19)12-11-14-7-3-2-4-8-14/h2-10,13H,11-12H2,1H3. The molecule has 2 heterocycles. The molecule has 0 radical (unpaired) electrons. The third-order valence-electron chi connectivity index (χ3n) is 4.81. The Bertz CT molecular complexity index is 1250. The van der Waals surface area contributed by atoms with Crippen LogP contribution in [0, 0.1) is 0 Å². The Balaban J connectivity index is 1.94. The van der Waals surface area contributed by atoms with Gasteiger partial charge in [-0.15, -0.1) is 11.3 Å². The van der Waals surface area contributed by atoms with Crippen molar-refractivity contribution in [2.75, 3.05) is 7.11 Å². The predicted octanol–water partition coefficient (Wildman–Crippen LogP) is 5.40. The summed E-state index contributed by atoms with van der Waals surface area (Å²) < 4.78 is 47.1. The van der Waals surface area contributed by atoms with E-state index in [0.717, 1.165) is 22.3 Å². The molecule has 0 fully saturated rings. The molecule has 8 heteroatoms. The average molecular weight is 430 g/mol. The maximum atomic E-state index is 13.5. The number of aryl methyl sites for hydroxylation is 1. The highest BCUT2D eigenvalue weighted by Gasteiger charge is 2.36. The van der Waals surface area contributed by atoms with Crippen molar-refractivity contribution >= 4 is 21.6 Å². The minimum atomic E-state index is -4.62. The number of para-hydroxylation sites is 1. The first-order chi connectivity index (χ1) is 14.4. The van der Waals surface area contributed by atoms with Gasteiger partial charge in [0.25, 0.3) is 5.56 Å². The van der Waals surface area contributed by atoms with E-state index in [-0.39, 0.29) is 22.6 Å². The van der Waals surface area contributed by atoms with Crippen LogP contribution < -0.4 is 10.3 Å². The largest absolute Gasteiger partial charge is 0.496 e. The molecular formula is C22H17F3N2O2S. The van der Waals surface area contributed by atoms with E-state index in [1.807, 2.05) is 30.3 Å². The first kappa shape index (κ1) is 20.2. The van der Waals surface area contributed by atoms with Crippen molar-refractivity contribution in [1.82, 2.24) is 9.55 Å². The van der Waals surface area contributed by atoms with Crippen molar-refractivity contribution < 1.29 is 17.9 Å². The van der Waals surface area contributed by atoms with E-state index in [1.54, 1.807) is 24.3 Å². The molecule has 2 aromatic carbocycles. The highest BCUT2D eigenvalue weighted by molar-refractivity contribution is 7.16. The number of hydrogen-bond acceptors (Lipinski definition) is 4. The Morgan fingerprint density at radius 2 is 1.77 bits per heavy atom. The number of aromatic nitrogens is 2. The summed E-state index contributed by atoms with van der Waals surface area (Å²) in [5, 5.41) is 0.561. The molecular weight excluding hydrogens is 413 g/mol. The molecule has 4 nitrogen and oxygen atoms in total. The van der Waals surface area contributed by atoms with Gasteiger partial charge in [0.2, 0.25) is 0 Å². The van der Waals surface area contributed by atoms with Crippen LogP contribution in [-0.2, 0) is 19.1 Å². The van der Waals surface area contributed by atoms with E-state index in [1.165, 1.54) is 11.7 Å². The summed E-state index contributed by atoms with van der Waals surface area (Å²) in [4.78, 5) is 17.8. The maximum Gasteiger partial charge on any atom is 0.418 e. The lowest BCUT2D eigenvalue weighted by atomic mass is 10.1. The van der Waals surface area contributed by atoms with Crippen molar-refractivity contribution in [2.24, 2.45) is 0 Å². The van der Waals surface area contributed by atoms with Gasteiger partial charge in [-0.25, -0.2) is 4.98 Å². The number of alkyl halides is 3. The van der Waals surface area contributed by atoms with Gasteiger partial charge in [0, 0.05) is 11.9 Å². The fraction of sp³-hybridized carbons (Fsp3) is 0.182. The molecule has 0 bridgehead atoms. The molecule has 0 atom stereocenters. The number of fused-ring (bicyclic) bond motifs is 1. The summed E-state index contributed by atoms with van der Waals surface area (Å²) in [6, 6.07) is 16.5. The number of halogens is 3. The van der Waals surface area contributed by atoms with Gasteiger partial charge in [-0.2, -0.15) is 13.2 Å². The lowest BCUT2D eigenvalue weighted by Crippen LogP contribution is -2.25. The summed E-state index contributed by atoms with van der Waals surface area (Å²) in [7, 11) is 1.50. The number of benzene rings is 2. The number of rotatable bonds is 5. The summed E-state index contributed by atoms with van der Waals surface area (Å²) in [5.41, 5.74) is -0.128. The second-order valence-corrected chi connectivity index (χ2v) is 7.51. The van der Waals surface area contributed by atoms with Gasteiger partial charge in [-0.1, -0.05) is 42.5 Å². The first-order valence-corrected chi connectivity index (χ1v) is 10.0. The molecule has 0 aliphatic carbocycles. The second-order valence-electron chi connectivity index (χ2n) is 6.66. The SMILES string of the molecule is COc1ccccc1-c1nc2scc(C(F)(F)F)c2c(=O)n1CCc1ccccc1. The summed E-state index contributed by atoms with van der Waals surface area (Å²) in [5.74, 6) is 0.779. The minimum Gasteiger partial charge on any atom is -0.496 e. The lowest BCUT2D eigenvalue weighted by Gasteiger charge is -2.15. The van der Waals surface area contributed by atoms with Crippen molar-refractivity contribution in [3.8, 4) is 17.1 Å². The third kappa shape index (κ3) is 3.70. The van der Waals surface area contributed by atoms with Gasteiger partial charge >= 0.3 is 6.18 Å². The lowest BCUT2D eigenvalue weighted by molar-refractivity contribution is -0.136. The van der Waals surface area contributed by atoms with Gasteiger partial charge in [0.1, 0.15) is 16.4 Å². The summed E-state index contributed by atoms with van der Waals surface area (Å²) >= 11 is 0.815. The number of nitrogens with zero attached hydrogens (tertiary/aromatic N) is 2. The van der Waals surface area contributed by atoms with Crippen LogP contribution in [0.25, 0.3) is 21.6 Å². The fourth-order valence-electron chi connectivity index (χ4n) is 3.36. The maximum absolute atomic E-state index is 13.5. The van der Waals surface area contributed by atoms with E-state index in [4.69, 9.17) is 4.74 Å². The molecule has 0 spiro atoms. The van der Waals surface area contributed by atoms with Crippen molar-refractivity contribution in [3.63, 3.8) is 0 Å². The Kier molecular flexibility index (Phi) is 5.34.